The lowest BCUT2D eigenvalue weighted by molar-refractivity contribution is 0.0755. The van der Waals surface area contributed by atoms with Crippen LogP contribution in [0.1, 0.15) is 42.6 Å². The van der Waals surface area contributed by atoms with E-state index in [1.54, 1.807) is 0 Å². The zero-order chi connectivity index (χ0) is 13.0. The zero-order valence-electron chi connectivity index (χ0n) is 11.2. The van der Waals surface area contributed by atoms with Crippen molar-refractivity contribution in [2.24, 2.45) is 0 Å². The third-order valence-corrected chi connectivity index (χ3v) is 3.21. The highest BCUT2D eigenvalue weighted by Gasteiger charge is 2.18. The quantitative estimate of drug-likeness (QED) is 0.800. The molecule has 1 aliphatic rings. The fraction of sp³-hybridized carbons (Fsp3) is 0.533. The minimum Gasteiger partial charge on any atom is -0.493 e. The molecule has 2 rings (SSSR count). The van der Waals surface area contributed by atoms with Crippen LogP contribution < -0.4 is 4.74 Å². The van der Waals surface area contributed by atoms with Gasteiger partial charge in [0, 0.05) is 25.1 Å². The minimum absolute atomic E-state index is 0.147. The van der Waals surface area contributed by atoms with E-state index in [1.807, 2.05) is 23.1 Å². The summed E-state index contributed by atoms with van der Waals surface area (Å²) in [6.07, 6.45) is 2.91. The van der Waals surface area contributed by atoms with E-state index >= 15 is 0 Å². The minimum atomic E-state index is 0.147. The van der Waals surface area contributed by atoms with Gasteiger partial charge in [-0.05, 0) is 36.6 Å². The van der Waals surface area contributed by atoms with Crippen LogP contribution in [0.2, 0.25) is 0 Å². The number of carbonyl (C=O) groups is 1. The van der Waals surface area contributed by atoms with Gasteiger partial charge in [0.15, 0.2) is 0 Å². The smallest absolute Gasteiger partial charge is 0.253 e. The number of ether oxygens (including phenoxy) is 1. The van der Waals surface area contributed by atoms with Crippen molar-refractivity contribution in [3.05, 3.63) is 29.3 Å². The first kappa shape index (κ1) is 12.9. The van der Waals surface area contributed by atoms with Gasteiger partial charge < -0.3 is 9.64 Å². The maximum atomic E-state index is 12.4. The topological polar surface area (TPSA) is 29.5 Å². The fourth-order valence-electron chi connectivity index (χ4n) is 2.36. The molecule has 0 aliphatic carbocycles. The van der Waals surface area contributed by atoms with E-state index in [-0.39, 0.29) is 5.91 Å². The van der Waals surface area contributed by atoms with Crippen LogP contribution in [-0.4, -0.2) is 30.5 Å². The molecule has 3 heteroatoms. The van der Waals surface area contributed by atoms with Crippen molar-refractivity contribution in [1.29, 1.82) is 0 Å². The van der Waals surface area contributed by atoms with Crippen molar-refractivity contribution in [1.82, 2.24) is 4.90 Å². The van der Waals surface area contributed by atoms with E-state index in [1.165, 1.54) is 0 Å². The Labute approximate surface area is 109 Å². The number of hydrogen-bond donors (Lipinski definition) is 0. The van der Waals surface area contributed by atoms with Crippen LogP contribution in [0.15, 0.2) is 18.2 Å². The highest BCUT2D eigenvalue weighted by Crippen LogP contribution is 2.26. The molecule has 1 heterocycles. The standard InChI is InChI=1S/C15H21NO2/c1-3-8-16(9-4-2)15(17)13-5-6-14-12(11-13)7-10-18-14/h5-6,11H,3-4,7-10H2,1-2H3. The molecule has 0 unspecified atom stereocenters. The highest BCUT2D eigenvalue weighted by molar-refractivity contribution is 5.94. The third kappa shape index (κ3) is 2.66. The summed E-state index contributed by atoms with van der Waals surface area (Å²) in [5.41, 5.74) is 1.95. The Morgan fingerprint density at radius 2 is 2.00 bits per heavy atom. The average Bonchev–Trinajstić information content (AvgIpc) is 2.84. The van der Waals surface area contributed by atoms with Crippen molar-refractivity contribution in [3.8, 4) is 5.75 Å². The van der Waals surface area contributed by atoms with E-state index in [4.69, 9.17) is 4.74 Å². The van der Waals surface area contributed by atoms with Crippen LogP contribution in [0, 0.1) is 0 Å². The molecule has 0 saturated carbocycles. The van der Waals surface area contributed by atoms with Crippen molar-refractivity contribution >= 4 is 5.91 Å². The Balaban J connectivity index is 2.16. The Morgan fingerprint density at radius 1 is 1.28 bits per heavy atom. The lowest BCUT2D eigenvalue weighted by Crippen LogP contribution is -2.32. The van der Waals surface area contributed by atoms with E-state index in [9.17, 15) is 4.79 Å². The number of carbonyl (C=O) groups excluding carboxylic acids is 1. The molecular weight excluding hydrogens is 226 g/mol. The molecule has 0 spiro atoms. The molecule has 1 amide bonds. The van der Waals surface area contributed by atoms with Gasteiger partial charge >= 0.3 is 0 Å². The molecule has 0 fully saturated rings. The van der Waals surface area contributed by atoms with Crippen molar-refractivity contribution in [2.75, 3.05) is 19.7 Å². The normalized spacial score (nSPS) is 13.0. The summed E-state index contributed by atoms with van der Waals surface area (Å²) in [5, 5.41) is 0. The van der Waals surface area contributed by atoms with Gasteiger partial charge in [-0.2, -0.15) is 0 Å². The predicted molar refractivity (Wildman–Crippen MR) is 72.1 cm³/mol. The second kappa shape index (κ2) is 5.89. The largest absolute Gasteiger partial charge is 0.493 e. The van der Waals surface area contributed by atoms with Crippen LogP contribution in [0.25, 0.3) is 0 Å². The highest BCUT2D eigenvalue weighted by atomic mass is 16.5. The van der Waals surface area contributed by atoms with Crippen LogP contribution in [-0.2, 0) is 6.42 Å². The summed E-state index contributed by atoms with van der Waals surface area (Å²) >= 11 is 0. The monoisotopic (exact) mass is 247 g/mol. The Bertz CT molecular complexity index is 423. The van der Waals surface area contributed by atoms with Crippen LogP contribution in [0.4, 0.5) is 0 Å². The molecule has 98 valence electrons. The molecule has 0 bridgehead atoms. The van der Waals surface area contributed by atoms with Gasteiger partial charge in [0.05, 0.1) is 6.61 Å². The first-order valence-corrected chi connectivity index (χ1v) is 6.81. The molecule has 0 aromatic heterocycles. The first-order chi connectivity index (χ1) is 8.76. The predicted octanol–water partition coefficient (Wildman–Crippen LogP) is 2.88. The van der Waals surface area contributed by atoms with Gasteiger partial charge in [0.2, 0.25) is 0 Å². The van der Waals surface area contributed by atoms with E-state index in [0.717, 1.165) is 55.8 Å². The number of benzene rings is 1. The second-order valence-corrected chi connectivity index (χ2v) is 4.71. The summed E-state index contributed by atoms with van der Waals surface area (Å²) in [7, 11) is 0. The number of nitrogens with zero attached hydrogens (tertiary/aromatic N) is 1. The molecule has 0 atom stereocenters. The van der Waals surface area contributed by atoms with Crippen LogP contribution in [0.3, 0.4) is 0 Å². The molecule has 1 aromatic carbocycles. The number of fused-ring (bicyclic) bond motifs is 1. The van der Waals surface area contributed by atoms with E-state index in [0.29, 0.717) is 0 Å². The van der Waals surface area contributed by atoms with Crippen LogP contribution >= 0.6 is 0 Å². The van der Waals surface area contributed by atoms with Gasteiger partial charge in [-0.3, -0.25) is 4.79 Å². The molecule has 0 saturated heterocycles. The summed E-state index contributed by atoms with van der Waals surface area (Å²) in [4.78, 5) is 14.4. The zero-order valence-corrected chi connectivity index (χ0v) is 11.2. The van der Waals surface area contributed by atoms with Crippen LogP contribution in [0.5, 0.6) is 5.75 Å². The lowest BCUT2D eigenvalue weighted by Gasteiger charge is -2.21. The summed E-state index contributed by atoms with van der Waals surface area (Å²) < 4.78 is 5.46. The molecule has 0 N–H and O–H groups in total. The number of hydrogen-bond acceptors (Lipinski definition) is 2. The van der Waals surface area contributed by atoms with E-state index in [2.05, 4.69) is 13.8 Å². The number of rotatable bonds is 5. The molecule has 3 nitrogen and oxygen atoms in total. The maximum Gasteiger partial charge on any atom is 0.253 e. The Kier molecular flexibility index (Phi) is 4.24. The Hall–Kier alpha value is -1.51. The molecule has 0 radical (unpaired) electrons. The van der Waals surface area contributed by atoms with Crippen molar-refractivity contribution in [3.63, 3.8) is 0 Å². The van der Waals surface area contributed by atoms with Gasteiger partial charge in [0.1, 0.15) is 5.75 Å². The van der Waals surface area contributed by atoms with E-state index < -0.39 is 0 Å². The molecule has 18 heavy (non-hydrogen) atoms. The summed E-state index contributed by atoms with van der Waals surface area (Å²) in [6, 6.07) is 5.79. The third-order valence-electron chi connectivity index (χ3n) is 3.21. The maximum absolute atomic E-state index is 12.4. The fourth-order valence-corrected chi connectivity index (χ4v) is 2.36. The Morgan fingerprint density at radius 3 is 2.67 bits per heavy atom. The summed E-state index contributed by atoms with van der Waals surface area (Å²) in [6.45, 7) is 6.61. The average molecular weight is 247 g/mol. The second-order valence-electron chi connectivity index (χ2n) is 4.71. The van der Waals surface area contributed by atoms with Crippen molar-refractivity contribution in [2.45, 2.75) is 33.1 Å². The lowest BCUT2D eigenvalue weighted by atomic mass is 10.1. The SMILES string of the molecule is CCCN(CCC)C(=O)c1ccc2c(c1)CCO2. The summed E-state index contributed by atoms with van der Waals surface area (Å²) in [5.74, 6) is 1.08. The number of amides is 1. The van der Waals surface area contributed by atoms with Gasteiger partial charge in [-0.1, -0.05) is 13.8 Å². The molecular formula is C15H21NO2. The van der Waals surface area contributed by atoms with Gasteiger partial charge in [0.25, 0.3) is 5.91 Å². The van der Waals surface area contributed by atoms with Crippen molar-refractivity contribution < 1.29 is 9.53 Å². The van der Waals surface area contributed by atoms with Gasteiger partial charge in [-0.25, -0.2) is 0 Å². The molecule has 1 aliphatic heterocycles. The molecule has 1 aromatic rings. The van der Waals surface area contributed by atoms with Gasteiger partial charge in [-0.15, -0.1) is 0 Å². The first-order valence-electron chi connectivity index (χ1n) is 6.81.